The van der Waals surface area contributed by atoms with E-state index in [4.69, 9.17) is 12.2 Å². The molecule has 0 fully saturated rings. The molecular formula is C19H16BrN5O2S. The number of nitrogens with zero attached hydrogens (tertiary/aromatic N) is 1. The highest BCUT2D eigenvalue weighted by atomic mass is 79.9. The molecule has 0 bridgehead atoms. The van der Waals surface area contributed by atoms with Crippen LogP contribution in [-0.2, 0) is 4.79 Å². The Balaban J connectivity index is 1.67. The number of urea groups is 1. The lowest BCUT2D eigenvalue weighted by atomic mass is 9.91. The van der Waals surface area contributed by atoms with E-state index in [-0.39, 0.29) is 11.9 Å². The minimum absolute atomic E-state index is 0.306. The number of amides is 3. The maximum Gasteiger partial charge on any atom is 0.319 e. The number of aromatic nitrogens is 2. The van der Waals surface area contributed by atoms with E-state index in [9.17, 15) is 9.59 Å². The summed E-state index contributed by atoms with van der Waals surface area (Å²) in [6.07, 6.45) is 6.34. The number of anilines is 1. The zero-order valence-electron chi connectivity index (χ0n) is 14.8. The molecule has 7 nitrogen and oxygen atoms in total. The van der Waals surface area contributed by atoms with Gasteiger partial charge in [-0.1, -0.05) is 24.4 Å². The summed E-state index contributed by atoms with van der Waals surface area (Å²) in [7, 11) is 0. The second kappa shape index (κ2) is 7.33. The minimum Gasteiger partial charge on any atom is -0.327 e. The van der Waals surface area contributed by atoms with Gasteiger partial charge < -0.3 is 16.0 Å². The molecule has 1 aromatic heterocycles. The number of H-pyrrole nitrogens is 1. The van der Waals surface area contributed by atoms with Crippen molar-refractivity contribution in [1.29, 1.82) is 0 Å². The number of hydrogen-bond acceptors (Lipinski definition) is 4. The third kappa shape index (κ3) is 3.50. The minimum atomic E-state index is -0.576. The molecule has 1 atom stereocenters. The highest BCUT2D eigenvalue weighted by Gasteiger charge is 2.32. The van der Waals surface area contributed by atoms with Crippen LogP contribution in [0.1, 0.15) is 13.3 Å². The summed E-state index contributed by atoms with van der Waals surface area (Å²) in [5.74, 6) is -0.306. The lowest BCUT2D eigenvalue weighted by molar-refractivity contribution is -0.113. The van der Waals surface area contributed by atoms with Gasteiger partial charge in [0.15, 0.2) is 0 Å². The van der Waals surface area contributed by atoms with Gasteiger partial charge in [0.05, 0.1) is 17.1 Å². The molecule has 2 aliphatic rings. The first-order valence-electron chi connectivity index (χ1n) is 8.56. The van der Waals surface area contributed by atoms with Crippen molar-refractivity contribution in [2.75, 3.05) is 5.32 Å². The molecule has 0 spiro atoms. The zero-order valence-corrected chi connectivity index (χ0v) is 17.2. The highest BCUT2D eigenvalue weighted by molar-refractivity contribution is 9.10. The van der Waals surface area contributed by atoms with Crippen molar-refractivity contribution < 1.29 is 9.59 Å². The summed E-state index contributed by atoms with van der Waals surface area (Å²) in [6, 6.07) is 4.53. The van der Waals surface area contributed by atoms with Crippen molar-refractivity contribution >= 4 is 61.5 Å². The lowest BCUT2D eigenvalue weighted by Crippen LogP contribution is -2.51. The van der Waals surface area contributed by atoms with Crippen LogP contribution in [0.5, 0.6) is 0 Å². The van der Waals surface area contributed by atoms with Gasteiger partial charge in [0, 0.05) is 28.1 Å². The predicted octanol–water partition coefficient (Wildman–Crippen LogP) is 3.48. The zero-order chi connectivity index (χ0) is 19.8. The molecule has 1 aliphatic carbocycles. The van der Waals surface area contributed by atoms with E-state index in [0.29, 0.717) is 28.0 Å². The van der Waals surface area contributed by atoms with E-state index in [1.807, 2.05) is 30.4 Å². The molecule has 142 valence electrons. The Morgan fingerprint density at radius 1 is 1.39 bits per heavy atom. The summed E-state index contributed by atoms with van der Waals surface area (Å²) in [5, 5.41) is 16.2. The summed E-state index contributed by atoms with van der Waals surface area (Å²) >= 11 is 8.66. The Kier molecular flexibility index (Phi) is 4.86. The number of thiocarbonyl (C=S) groups is 1. The molecule has 0 saturated heterocycles. The summed E-state index contributed by atoms with van der Waals surface area (Å²) < 4.78 is 0.671. The number of rotatable bonds is 3. The Hall–Kier alpha value is -2.78. The first-order valence-corrected chi connectivity index (χ1v) is 9.77. The van der Waals surface area contributed by atoms with E-state index >= 15 is 0 Å². The third-order valence-electron chi connectivity index (χ3n) is 4.58. The standard InChI is InChI=1S/C19H16BrN5O2S/c1-9-15(16(23-19(27)21-9)10-3-2-4-12(28)7-10)18(26)22-11-5-6-14-13(8-11)17(20)25-24-14/h2-3,5-8,16H,4H2,1H3,(H,22,26)(H,24,25)(H2,21,23,27). The molecule has 3 amide bonds. The molecule has 9 heteroatoms. The van der Waals surface area contributed by atoms with E-state index in [1.165, 1.54) is 0 Å². The molecule has 0 radical (unpaired) electrons. The number of carbonyl (C=O) groups excluding carboxylic acids is 2. The molecule has 0 saturated carbocycles. The van der Waals surface area contributed by atoms with Gasteiger partial charge in [-0.2, -0.15) is 5.10 Å². The van der Waals surface area contributed by atoms with Crippen LogP contribution in [0, 0.1) is 0 Å². The molecule has 4 rings (SSSR count). The summed E-state index contributed by atoms with van der Waals surface area (Å²) in [6.45, 7) is 1.71. The van der Waals surface area contributed by atoms with E-state index in [2.05, 4.69) is 42.1 Å². The van der Waals surface area contributed by atoms with Gasteiger partial charge >= 0.3 is 6.03 Å². The molecule has 28 heavy (non-hydrogen) atoms. The Morgan fingerprint density at radius 3 is 3.00 bits per heavy atom. The molecule has 2 heterocycles. The molecule has 4 N–H and O–H groups in total. The Bertz CT molecular complexity index is 1110. The van der Waals surface area contributed by atoms with Gasteiger partial charge in [-0.15, -0.1) is 0 Å². The fourth-order valence-corrected chi connectivity index (χ4v) is 3.94. The Labute approximate surface area is 174 Å². The van der Waals surface area contributed by atoms with Crippen LogP contribution in [-0.4, -0.2) is 33.0 Å². The second-order valence-corrected chi connectivity index (χ2v) is 7.79. The number of halogens is 1. The molecular weight excluding hydrogens is 442 g/mol. The number of allylic oxidation sites excluding steroid dienone is 3. The second-order valence-electron chi connectivity index (χ2n) is 6.52. The van der Waals surface area contributed by atoms with E-state index < -0.39 is 6.04 Å². The number of hydrogen-bond donors (Lipinski definition) is 4. The van der Waals surface area contributed by atoms with Crippen LogP contribution in [0.2, 0.25) is 0 Å². The van der Waals surface area contributed by atoms with Gasteiger partial charge in [-0.25, -0.2) is 4.79 Å². The average Bonchev–Trinajstić information content (AvgIpc) is 3.01. The van der Waals surface area contributed by atoms with Gasteiger partial charge in [0.1, 0.15) is 4.60 Å². The molecule has 1 aromatic carbocycles. The van der Waals surface area contributed by atoms with Gasteiger partial charge in [0.25, 0.3) is 5.91 Å². The third-order valence-corrected chi connectivity index (χ3v) is 5.47. The van der Waals surface area contributed by atoms with Crippen LogP contribution < -0.4 is 16.0 Å². The first kappa shape index (κ1) is 18.6. The highest BCUT2D eigenvalue weighted by Crippen LogP contribution is 2.27. The quantitative estimate of drug-likeness (QED) is 0.530. The fraction of sp³-hybridized carbons (Fsp3) is 0.158. The van der Waals surface area contributed by atoms with E-state index in [0.717, 1.165) is 21.3 Å². The number of fused-ring (bicyclic) bond motifs is 1. The molecule has 2 aromatic rings. The van der Waals surface area contributed by atoms with Crippen LogP contribution in [0.4, 0.5) is 10.5 Å². The SMILES string of the molecule is CC1=C(C(=O)Nc2ccc3[nH]nc(Br)c3c2)C(C2=CC(=S)CC=C2)NC(=O)N1. The predicted molar refractivity (Wildman–Crippen MR) is 115 cm³/mol. The average molecular weight is 458 g/mol. The molecule has 1 unspecified atom stereocenters. The van der Waals surface area contributed by atoms with Crippen molar-refractivity contribution in [1.82, 2.24) is 20.8 Å². The van der Waals surface area contributed by atoms with Crippen molar-refractivity contribution in [3.05, 3.63) is 57.9 Å². The van der Waals surface area contributed by atoms with Gasteiger partial charge in [-0.05, 0) is 52.7 Å². The lowest BCUT2D eigenvalue weighted by Gasteiger charge is -2.30. The van der Waals surface area contributed by atoms with Gasteiger partial charge in [-0.3, -0.25) is 9.89 Å². The normalized spacial score (nSPS) is 19.4. The fourth-order valence-electron chi connectivity index (χ4n) is 3.29. The van der Waals surface area contributed by atoms with Crippen LogP contribution in [0.3, 0.4) is 0 Å². The number of aromatic amines is 1. The van der Waals surface area contributed by atoms with Crippen LogP contribution in [0.25, 0.3) is 10.9 Å². The maximum absolute atomic E-state index is 13.1. The van der Waals surface area contributed by atoms with Crippen molar-refractivity contribution in [3.63, 3.8) is 0 Å². The smallest absolute Gasteiger partial charge is 0.319 e. The first-order chi connectivity index (χ1) is 13.4. The van der Waals surface area contributed by atoms with E-state index in [1.54, 1.807) is 13.0 Å². The topological polar surface area (TPSA) is 98.9 Å². The van der Waals surface area contributed by atoms with Crippen LogP contribution in [0.15, 0.2) is 57.9 Å². The largest absolute Gasteiger partial charge is 0.327 e. The molecule has 1 aliphatic heterocycles. The van der Waals surface area contributed by atoms with Crippen molar-refractivity contribution in [2.45, 2.75) is 19.4 Å². The monoisotopic (exact) mass is 457 g/mol. The van der Waals surface area contributed by atoms with Crippen molar-refractivity contribution in [2.24, 2.45) is 0 Å². The van der Waals surface area contributed by atoms with Crippen LogP contribution >= 0.6 is 28.1 Å². The summed E-state index contributed by atoms with van der Waals surface area (Å²) in [5.41, 5.74) is 3.20. The summed E-state index contributed by atoms with van der Waals surface area (Å²) in [4.78, 5) is 25.9. The number of nitrogens with one attached hydrogen (secondary N) is 4. The Morgan fingerprint density at radius 2 is 2.21 bits per heavy atom. The number of benzene rings is 1. The number of carbonyl (C=O) groups is 2. The van der Waals surface area contributed by atoms with Gasteiger partial charge in [0.2, 0.25) is 0 Å². The maximum atomic E-state index is 13.1. The van der Waals surface area contributed by atoms with Crippen molar-refractivity contribution in [3.8, 4) is 0 Å².